The van der Waals surface area contributed by atoms with E-state index in [1.54, 1.807) is 0 Å². The van der Waals surface area contributed by atoms with Gasteiger partial charge < -0.3 is 5.11 Å². The van der Waals surface area contributed by atoms with Crippen molar-refractivity contribution in [3.63, 3.8) is 0 Å². The van der Waals surface area contributed by atoms with E-state index in [0.29, 0.717) is 12.8 Å². The molecule has 1 aromatic rings. The van der Waals surface area contributed by atoms with Crippen molar-refractivity contribution in [2.75, 3.05) is 0 Å². The van der Waals surface area contributed by atoms with E-state index >= 15 is 0 Å². The van der Waals surface area contributed by atoms with E-state index < -0.39 is 17.7 Å². The van der Waals surface area contributed by atoms with Gasteiger partial charge in [0, 0.05) is 12.8 Å². The summed E-state index contributed by atoms with van der Waals surface area (Å²) in [6.45, 7) is 0. The first-order valence-electron chi connectivity index (χ1n) is 4.69. The van der Waals surface area contributed by atoms with Crippen molar-refractivity contribution < 1.29 is 13.9 Å². The van der Waals surface area contributed by atoms with Crippen LogP contribution in [0.1, 0.15) is 18.4 Å². The van der Waals surface area contributed by atoms with Gasteiger partial charge in [-0.1, -0.05) is 12.1 Å². The average Bonchev–Trinajstić information content (AvgIpc) is 2.22. The summed E-state index contributed by atoms with van der Waals surface area (Å²) < 4.78 is 26.0. The molecule has 15 heavy (non-hydrogen) atoms. The van der Waals surface area contributed by atoms with E-state index in [2.05, 4.69) is 5.92 Å². The van der Waals surface area contributed by atoms with E-state index in [1.807, 2.05) is 0 Å². The van der Waals surface area contributed by atoms with Crippen molar-refractivity contribution in [2.45, 2.75) is 25.4 Å². The van der Waals surface area contributed by atoms with Crippen molar-refractivity contribution in [3.05, 3.63) is 35.4 Å². The molecule has 1 N–H and O–H groups in total. The summed E-state index contributed by atoms with van der Waals surface area (Å²) in [4.78, 5) is 0. The minimum absolute atomic E-state index is 0.0886. The quantitative estimate of drug-likeness (QED) is 0.756. The summed E-state index contributed by atoms with van der Waals surface area (Å²) >= 11 is 0. The third-order valence-electron chi connectivity index (χ3n) is 2.11. The van der Waals surface area contributed by atoms with Crippen LogP contribution < -0.4 is 0 Å². The average molecular weight is 210 g/mol. The summed E-state index contributed by atoms with van der Waals surface area (Å²) in [5.41, 5.74) is 0.180. The second kappa shape index (κ2) is 5.47. The van der Waals surface area contributed by atoms with Crippen molar-refractivity contribution in [2.24, 2.45) is 0 Å². The Labute approximate surface area is 87.7 Å². The van der Waals surface area contributed by atoms with Gasteiger partial charge in [-0.3, -0.25) is 0 Å². The maximum Gasteiger partial charge on any atom is 0.162 e. The second-order valence-corrected chi connectivity index (χ2v) is 3.31. The lowest BCUT2D eigenvalue weighted by atomic mass is 10.0. The maximum absolute atomic E-state index is 13.2. The Morgan fingerprint density at radius 3 is 2.80 bits per heavy atom. The lowest BCUT2D eigenvalue weighted by molar-refractivity contribution is 0.165. The zero-order valence-electron chi connectivity index (χ0n) is 8.21. The van der Waals surface area contributed by atoms with E-state index in [9.17, 15) is 13.9 Å². The molecule has 0 radical (unpaired) electrons. The third kappa shape index (κ3) is 3.34. The second-order valence-electron chi connectivity index (χ2n) is 3.31. The molecule has 80 valence electrons. The smallest absolute Gasteiger partial charge is 0.162 e. The van der Waals surface area contributed by atoms with Crippen molar-refractivity contribution in [3.8, 4) is 12.3 Å². The van der Waals surface area contributed by atoms with Crippen LogP contribution in [0.4, 0.5) is 8.78 Å². The minimum atomic E-state index is -0.892. The molecule has 0 aliphatic carbocycles. The van der Waals surface area contributed by atoms with Crippen LogP contribution in [0.15, 0.2) is 18.2 Å². The molecular weight excluding hydrogens is 198 g/mol. The van der Waals surface area contributed by atoms with E-state index in [0.717, 1.165) is 6.07 Å². The monoisotopic (exact) mass is 210 g/mol. The first-order chi connectivity index (χ1) is 7.15. The molecule has 0 saturated carbocycles. The lowest BCUT2D eigenvalue weighted by Gasteiger charge is -2.09. The number of hydrogen-bond acceptors (Lipinski definition) is 1. The molecule has 3 heteroatoms. The number of benzene rings is 1. The molecular formula is C12H12F2O. The van der Waals surface area contributed by atoms with Gasteiger partial charge in [0.05, 0.1) is 6.10 Å². The first-order valence-corrected chi connectivity index (χ1v) is 4.69. The van der Waals surface area contributed by atoms with Crippen LogP contribution >= 0.6 is 0 Å². The van der Waals surface area contributed by atoms with E-state index in [4.69, 9.17) is 6.42 Å². The normalized spacial score (nSPS) is 12.1. The highest BCUT2D eigenvalue weighted by molar-refractivity contribution is 5.19. The molecule has 0 aliphatic heterocycles. The standard InChI is InChI=1S/C12H12F2O/c1-2-3-6-10(15)8-9-5-4-7-11(13)12(9)14/h1,4-5,7,10,15H,3,6,8H2. The fourth-order valence-corrected chi connectivity index (χ4v) is 1.31. The summed E-state index contributed by atoms with van der Waals surface area (Å²) in [7, 11) is 0. The topological polar surface area (TPSA) is 20.2 Å². The largest absolute Gasteiger partial charge is 0.393 e. The van der Waals surface area contributed by atoms with Gasteiger partial charge in [0.15, 0.2) is 11.6 Å². The predicted molar refractivity (Wildman–Crippen MR) is 54.1 cm³/mol. The molecule has 0 aromatic heterocycles. The number of aliphatic hydroxyl groups excluding tert-OH is 1. The maximum atomic E-state index is 13.2. The van der Waals surface area contributed by atoms with Crippen LogP contribution in [-0.4, -0.2) is 11.2 Å². The summed E-state index contributed by atoms with van der Waals surface area (Å²) in [6.07, 6.45) is 5.22. The zero-order chi connectivity index (χ0) is 11.3. The Balaban J connectivity index is 2.65. The zero-order valence-corrected chi connectivity index (χ0v) is 8.21. The molecule has 0 amide bonds. The number of aliphatic hydroxyl groups is 1. The molecule has 1 nitrogen and oxygen atoms in total. The molecule has 0 saturated heterocycles. The Kier molecular flexibility index (Phi) is 4.26. The Morgan fingerprint density at radius 2 is 2.13 bits per heavy atom. The Morgan fingerprint density at radius 1 is 1.40 bits per heavy atom. The molecule has 1 aromatic carbocycles. The highest BCUT2D eigenvalue weighted by atomic mass is 19.2. The molecule has 0 spiro atoms. The van der Waals surface area contributed by atoms with Crippen LogP contribution in [0.25, 0.3) is 0 Å². The van der Waals surface area contributed by atoms with E-state index in [1.165, 1.54) is 12.1 Å². The van der Waals surface area contributed by atoms with Crippen LogP contribution in [0.5, 0.6) is 0 Å². The Hall–Kier alpha value is -1.40. The van der Waals surface area contributed by atoms with Gasteiger partial charge in [-0.2, -0.15) is 0 Å². The van der Waals surface area contributed by atoms with Gasteiger partial charge in [-0.15, -0.1) is 12.3 Å². The van der Waals surface area contributed by atoms with E-state index in [-0.39, 0.29) is 12.0 Å². The molecule has 1 unspecified atom stereocenters. The highest BCUT2D eigenvalue weighted by Crippen LogP contribution is 2.14. The SMILES string of the molecule is C#CCCC(O)Cc1cccc(F)c1F. The molecule has 0 bridgehead atoms. The Bertz CT molecular complexity index is 368. The van der Waals surface area contributed by atoms with Gasteiger partial charge in [0.1, 0.15) is 0 Å². The molecule has 1 rings (SSSR count). The minimum Gasteiger partial charge on any atom is -0.393 e. The summed E-state index contributed by atoms with van der Waals surface area (Å²) in [5, 5.41) is 9.46. The first kappa shape index (κ1) is 11.7. The van der Waals surface area contributed by atoms with Gasteiger partial charge >= 0.3 is 0 Å². The van der Waals surface area contributed by atoms with Gasteiger partial charge in [0.2, 0.25) is 0 Å². The number of terminal acetylenes is 1. The molecule has 0 fully saturated rings. The number of hydrogen-bond donors (Lipinski definition) is 1. The highest BCUT2D eigenvalue weighted by Gasteiger charge is 2.11. The lowest BCUT2D eigenvalue weighted by Crippen LogP contribution is -2.11. The summed E-state index contributed by atoms with van der Waals surface area (Å²) in [6, 6.07) is 3.92. The van der Waals surface area contributed by atoms with Crippen molar-refractivity contribution >= 4 is 0 Å². The molecule has 0 aliphatic rings. The van der Waals surface area contributed by atoms with Crippen LogP contribution in [0.3, 0.4) is 0 Å². The molecule has 0 heterocycles. The van der Waals surface area contributed by atoms with Crippen molar-refractivity contribution in [1.82, 2.24) is 0 Å². The fraction of sp³-hybridized carbons (Fsp3) is 0.333. The summed E-state index contributed by atoms with van der Waals surface area (Å²) in [5.74, 6) is 0.599. The van der Waals surface area contributed by atoms with Gasteiger partial charge in [-0.05, 0) is 18.1 Å². The number of rotatable bonds is 4. The fourth-order valence-electron chi connectivity index (χ4n) is 1.31. The van der Waals surface area contributed by atoms with Gasteiger partial charge in [0.25, 0.3) is 0 Å². The third-order valence-corrected chi connectivity index (χ3v) is 2.11. The van der Waals surface area contributed by atoms with Crippen LogP contribution in [0, 0.1) is 24.0 Å². The molecule has 1 atom stereocenters. The predicted octanol–water partition coefficient (Wildman–Crippen LogP) is 2.28. The van der Waals surface area contributed by atoms with Crippen molar-refractivity contribution in [1.29, 1.82) is 0 Å². The van der Waals surface area contributed by atoms with Gasteiger partial charge in [-0.25, -0.2) is 8.78 Å². The number of halogens is 2. The van der Waals surface area contributed by atoms with Crippen LogP contribution in [0.2, 0.25) is 0 Å². The van der Waals surface area contributed by atoms with Crippen LogP contribution in [-0.2, 0) is 6.42 Å².